The van der Waals surface area contributed by atoms with Gasteiger partial charge in [-0.15, -0.1) is 0 Å². The van der Waals surface area contributed by atoms with Crippen molar-refractivity contribution in [1.82, 2.24) is 0 Å². The van der Waals surface area contributed by atoms with Crippen LogP contribution in [0, 0.1) is 0 Å². The second-order valence-electron chi connectivity index (χ2n) is 7.90. The van der Waals surface area contributed by atoms with Crippen molar-refractivity contribution in [1.29, 1.82) is 0 Å². The number of unbranched alkanes of at least 4 members (excludes halogenated alkanes) is 11. The van der Waals surface area contributed by atoms with E-state index >= 15 is 0 Å². The van der Waals surface area contributed by atoms with E-state index in [1.165, 1.54) is 113 Å². The first-order chi connectivity index (χ1) is 11.8. The quantitative estimate of drug-likeness (QED) is 0.251. The van der Waals surface area contributed by atoms with Crippen LogP contribution >= 0.6 is 11.8 Å². The van der Waals surface area contributed by atoms with Gasteiger partial charge in [-0.05, 0) is 12.2 Å². The number of ether oxygens (including phenoxy) is 1. The molecule has 0 aromatic heterocycles. The monoisotopic (exact) mass is 358 g/mol. The third-order valence-electron chi connectivity index (χ3n) is 5.47. The van der Waals surface area contributed by atoms with Crippen LogP contribution in [0.1, 0.15) is 84.0 Å². The summed E-state index contributed by atoms with van der Waals surface area (Å²) in [6.45, 7) is 7.95. The summed E-state index contributed by atoms with van der Waals surface area (Å²) in [7, 11) is 2.40. The number of nitrogens with zero attached hydrogens (tertiary/aromatic N) is 1. The maximum Gasteiger partial charge on any atom is 0.102 e. The van der Waals surface area contributed by atoms with Crippen LogP contribution in [0.15, 0.2) is 0 Å². The molecule has 0 bridgehead atoms. The molecule has 0 spiro atoms. The molecule has 0 atom stereocenters. The van der Waals surface area contributed by atoms with Gasteiger partial charge in [-0.1, -0.05) is 77.6 Å². The van der Waals surface area contributed by atoms with E-state index in [-0.39, 0.29) is 0 Å². The van der Waals surface area contributed by atoms with Crippen molar-refractivity contribution >= 4 is 11.8 Å². The average Bonchev–Trinajstić information content (AvgIpc) is 2.59. The van der Waals surface area contributed by atoms with Gasteiger partial charge in [0, 0.05) is 5.75 Å². The number of morpholine rings is 1. The van der Waals surface area contributed by atoms with Crippen LogP contribution < -0.4 is 0 Å². The SMILES string of the molecule is CCCCCCCCCCCCCCSCC[N+]1(C)CCOCC1. The van der Waals surface area contributed by atoms with Crippen LogP contribution in [-0.2, 0) is 4.74 Å². The molecule has 1 fully saturated rings. The number of hydrogen-bond donors (Lipinski definition) is 0. The number of thioether (sulfide) groups is 1. The molecule has 0 aromatic carbocycles. The standard InChI is InChI=1S/C21H44NOS/c1-3-4-5-6-7-8-9-10-11-12-13-14-20-24-21-17-22(2)15-18-23-19-16-22/h3-21H2,1-2H3/q+1. The lowest BCUT2D eigenvalue weighted by Crippen LogP contribution is -2.53. The molecule has 1 heterocycles. The minimum Gasteiger partial charge on any atom is -0.370 e. The number of hydrogen-bond acceptors (Lipinski definition) is 2. The van der Waals surface area contributed by atoms with Gasteiger partial charge in [0.25, 0.3) is 0 Å². The summed E-state index contributed by atoms with van der Waals surface area (Å²) in [5.74, 6) is 2.70. The molecule has 1 saturated heterocycles. The summed E-state index contributed by atoms with van der Waals surface area (Å²) in [6.07, 6.45) is 17.4. The molecule has 1 aliphatic rings. The van der Waals surface area contributed by atoms with Crippen molar-refractivity contribution in [3.05, 3.63) is 0 Å². The Labute approximate surface area is 156 Å². The molecule has 0 saturated carbocycles. The molecule has 0 aromatic rings. The molecule has 3 heteroatoms. The molecule has 1 aliphatic heterocycles. The summed E-state index contributed by atoms with van der Waals surface area (Å²) < 4.78 is 6.70. The van der Waals surface area contributed by atoms with Gasteiger partial charge in [0.05, 0.1) is 26.8 Å². The molecule has 0 N–H and O–H groups in total. The third-order valence-corrected chi connectivity index (χ3v) is 6.52. The molecule has 2 nitrogen and oxygen atoms in total. The zero-order valence-corrected chi connectivity index (χ0v) is 17.5. The molecule has 24 heavy (non-hydrogen) atoms. The Balaban J connectivity index is 1.73. The lowest BCUT2D eigenvalue weighted by Gasteiger charge is -2.37. The van der Waals surface area contributed by atoms with Gasteiger partial charge in [-0.2, -0.15) is 11.8 Å². The minimum absolute atomic E-state index is 0.958. The van der Waals surface area contributed by atoms with Crippen molar-refractivity contribution < 1.29 is 9.22 Å². The zero-order chi connectivity index (χ0) is 17.3. The van der Waals surface area contributed by atoms with E-state index in [1.807, 2.05) is 0 Å². The van der Waals surface area contributed by atoms with E-state index in [4.69, 9.17) is 4.74 Å². The Morgan fingerprint density at radius 3 is 1.75 bits per heavy atom. The largest absolute Gasteiger partial charge is 0.370 e. The summed E-state index contributed by atoms with van der Waals surface area (Å²) in [4.78, 5) is 0. The van der Waals surface area contributed by atoms with E-state index in [0.29, 0.717) is 0 Å². The van der Waals surface area contributed by atoms with Crippen molar-refractivity contribution in [2.75, 3.05) is 51.4 Å². The Bertz CT molecular complexity index is 267. The van der Waals surface area contributed by atoms with Crippen LogP contribution in [0.4, 0.5) is 0 Å². The Morgan fingerprint density at radius 2 is 1.21 bits per heavy atom. The summed E-state index contributed by atoms with van der Waals surface area (Å²) in [5, 5.41) is 0. The average molecular weight is 359 g/mol. The van der Waals surface area contributed by atoms with Crippen LogP contribution in [0.3, 0.4) is 0 Å². The number of rotatable bonds is 16. The van der Waals surface area contributed by atoms with Crippen LogP contribution in [-0.4, -0.2) is 55.9 Å². The molecule has 144 valence electrons. The predicted octanol–water partition coefficient (Wildman–Crippen LogP) is 5.90. The number of quaternary nitrogens is 1. The van der Waals surface area contributed by atoms with Gasteiger partial charge < -0.3 is 9.22 Å². The molecular formula is C21H44NOS+. The van der Waals surface area contributed by atoms with Crippen molar-refractivity contribution in [2.45, 2.75) is 84.0 Å². The topological polar surface area (TPSA) is 9.23 Å². The lowest BCUT2D eigenvalue weighted by atomic mass is 10.1. The minimum atomic E-state index is 0.958. The highest BCUT2D eigenvalue weighted by molar-refractivity contribution is 7.99. The lowest BCUT2D eigenvalue weighted by molar-refractivity contribution is -0.914. The second-order valence-corrected chi connectivity index (χ2v) is 9.13. The molecule has 0 radical (unpaired) electrons. The Hall–Kier alpha value is 0.270. The highest BCUT2D eigenvalue weighted by Gasteiger charge is 2.24. The molecule has 0 amide bonds. The second kappa shape index (κ2) is 15.5. The smallest absolute Gasteiger partial charge is 0.102 e. The van der Waals surface area contributed by atoms with E-state index in [0.717, 1.165) is 13.2 Å². The molecule has 0 aliphatic carbocycles. The van der Waals surface area contributed by atoms with Gasteiger partial charge in [0.15, 0.2) is 0 Å². The van der Waals surface area contributed by atoms with E-state index < -0.39 is 0 Å². The van der Waals surface area contributed by atoms with E-state index in [1.54, 1.807) is 0 Å². The maximum absolute atomic E-state index is 5.47. The first-order valence-corrected chi connectivity index (χ1v) is 11.9. The van der Waals surface area contributed by atoms with Crippen molar-refractivity contribution in [2.24, 2.45) is 0 Å². The predicted molar refractivity (Wildman–Crippen MR) is 110 cm³/mol. The first kappa shape index (κ1) is 22.3. The summed E-state index contributed by atoms with van der Waals surface area (Å²) in [5.41, 5.74) is 0. The van der Waals surface area contributed by atoms with Crippen LogP contribution in [0.2, 0.25) is 0 Å². The maximum atomic E-state index is 5.47. The fraction of sp³-hybridized carbons (Fsp3) is 1.00. The van der Waals surface area contributed by atoms with Crippen molar-refractivity contribution in [3.8, 4) is 0 Å². The van der Waals surface area contributed by atoms with Crippen LogP contribution in [0.5, 0.6) is 0 Å². The highest BCUT2D eigenvalue weighted by Crippen LogP contribution is 2.14. The molecular weight excluding hydrogens is 314 g/mol. The Kier molecular flexibility index (Phi) is 14.4. The van der Waals surface area contributed by atoms with E-state index in [9.17, 15) is 0 Å². The van der Waals surface area contributed by atoms with Gasteiger partial charge in [0.2, 0.25) is 0 Å². The summed E-state index contributed by atoms with van der Waals surface area (Å²) >= 11 is 2.17. The molecule has 0 unspecified atom stereocenters. The fourth-order valence-electron chi connectivity index (χ4n) is 3.44. The third kappa shape index (κ3) is 12.6. The van der Waals surface area contributed by atoms with E-state index in [2.05, 4.69) is 25.7 Å². The Morgan fingerprint density at radius 1 is 0.708 bits per heavy atom. The molecule has 1 rings (SSSR count). The van der Waals surface area contributed by atoms with Gasteiger partial charge in [0.1, 0.15) is 13.1 Å². The van der Waals surface area contributed by atoms with Crippen LogP contribution in [0.25, 0.3) is 0 Å². The van der Waals surface area contributed by atoms with Crippen molar-refractivity contribution in [3.63, 3.8) is 0 Å². The zero-order valence-electron chi connectivity index (χ0n) is 16.7. The fourth-order valence-corrected chi connectivity index (χ4v) is 4.62. The first-order valence-electron chi connectivity index (χ1n) is 10.8. The van der Waals surface area contributed by atoms with Gasteiger partial charge >= 0.3 is 0 Å². The van der Waals surface area contributed by atoms with Gasteiger partial charge in [-0.25, -0.2) is 0 Å². The highest BCUT2D eigenvalue weighted by atomic mass is 32.2. The normalized spacial score (nSPS) is 17.2. The number of likely N-dealkylation sites (N-methyl/N-ethyl adjacent to an activating group) is 1. The van der Waals surface area contributed by atoms with Gasteiger partial charge in [-0.3, -0.25) is 0 Å². The summed E-state index contributed by atoms with van der Waals surface area (Å²) in [6, 6.07) is 0.